The zero-order valence-electron chi connectivity index (χ0n) is 9.56. The number of hydrogen-bond donors (Lipinski definition) is 3. The number of aliphatic hydroxyl groups is 1. The van der Waals surface area contributed by atoms with Crippen LogP contribution in [0.15, 0.2) is 11.2 Å². The van der Waals surface area contributed by atoms with Crippen molar-refractivity contribution < 1.29 is 10.2 Å². The Bertz CT molecular complexity index is 378. The lowest BCUT2D eigenvalue weighted by atomic mass is 10.1. The zero-order chi connectivity index (χ0) is 12.0. The molecule has 0 saturated carbocycles. The minimum absolute atomic E-state index is 0.0831. The van der Waals surface area contributed by atoms with Crippen molar-refractivity contribution in [2.75, 3.05) is 20.1 Å². The number of nitrogens with one attached hydrogen (secondary N) is 1. The van der Waals surface area contributed by atoms with E-state index in [1.165, 1.54) is 0 Å². The number of aliphatic imine (C=N–C) groups is 1. The second kappa shape index (κ2) is 6.19. The van der Waals surface area contributed by atoms with Crippen LogP contribution in [0.5, 0.6) is 5.75 Å². The maximum atomic E-state index is 9.79. The summed E-state index contributed by atoms with van der Waals surface area (Å²) >= 11 is 0. The number of aryl methyl sites for hydroxylation is 1. The summed E-state index contributed by atoms with van der Waals surface area (Å²) in [5.74, 6) is 0.0831. The molecular weight excluding hydrogens is 206 g/mol. The Balaban J connectivity index is 2.92. The summed E-state index contributed by atoms with van der Waals surface area (Å²) in [5.41, 5.74) is 1.66. The average Bonchev–Trinajstić information content (AvgIpc) is 2.30. The molecule has 5 nitrogen and oxygen atoms in total. The lowest BCUT2D eigenvalue weighted by Gasteiger charge is -2.06. The highest BCUT2D eigenvalue weighted by Crippen LogP contribution is 2.21. The van der Waals surface area contributed by atoms with Crippen LogP contribution in [0.3, 0.4) is 0 Å². The summed E-state index contributed by atoms with van der Waals surface area (Å²) in [6.07, 6.45) is 3.13. The summed E-state index contributed by atoms with van der Waals surface area (Å²) in [4.78, 5) is 8.13. The number of aromatic nitrogens is 1. The third-order valence-electron chi connectivity index (χ3n) is 2.24. The van der Waals surface area contributed by atoms with Gasteiger partial charge in [0.15, 0.2) is 0 Å². The van der Waals surface area contributed by atoms with Gasteiger partial charge in [-0.05, 0) is 14.0 Å². The maximum Gasteiger partial charge on any atom is 0.145 e. The standard InChI is InChI=1S/C11H17N3O2/c1-8-11(16)10(6-13-4-3-12-2)9(7-15)5-14-8/h5-6,12,15-16H,3-4,7H2,1-2H3. The molecule has 88 valence electrons. The van der Waals surface area contributed by atoms with Gasteiger partial charge in [0.1, 0.15) is 5.75 Å². The Kier molecular flexibility index (Phi) is 4.88. The summed E-state index contributed by atoms with van der Waals surface area (Å²) in [6.45, 7) is 2.95. The summed E-state index contributed by atoms with van der Waals surface area (Å²) < 4.78 is 0. The van der Waals surface area contributed by atoms with E-state index in [2.05, 4.69) is 15.3 Å². The maximum absolute atomic E-state index is 9.79. The van der Waals surface area contributed by atoms with Gasteiger partial charge in [-0.2, -0.15) is 0 Å². The predicted octanol–water partition coefficient (Wildman–Crippen LogP) is 0.226. The molecule has 0 unspecified atom stereocenters. The first-order valence-electron chi connectivity index (χ1n) is 5.13. The topological polar surface area (TPSA) is 77.7 Å². The summed E-state index contributed by atoms with van der Waals surface area (Å²) in [5, 5.41) is 21.9. The molecule has 1 heterocycles. The molecule has 0 radical (unpaired) electrons. The predicted molar refractivity (Wildman–Crippen MR) is 62.9 cm³/mol. The van der Waals surface area contributed by atoms with Gasteiger partial charge in [0.05, 0.1) is 18.8 Å². The van der Waals surface area contributed by atoms with Crippen molar-refractivity contribution in [2.24, 2.45) is 4.99 Å². The zero-order valence-corrected chi connectivity index (χ0v) is 9.56. The average molecular weight is 223 g/mol. The molecule has 5 heteroatoms. The van der Waals surface area contributed by atoms with Crippen LogP contribution in [0.2, 0.25) is 0 Å². The molecule has 0 atom stereocenters. The third-order valence-corrected chi connectivity index (χ3v) is 2.24. The molecule has 0 bridgehead atoms. The van der Waals surface area contributed by atoms with Crippen molar-refractivity contribution in [3.8, 4) is 5.75 Å². The lowest BCUT2D eigenvalue weighted by molar-refractivity contribution is 0.280. The number of aromatic hydroxyl groups is 1. The molecule has 0 saturated heterocycles. The Hall–Kier alpha value is -1.46. The van der Waals surface area contributed by atoms with Gasteiger partial charge in [-0.1, -0.05) is 0 Å². The number of rotatable bonds is 5. The highest BCUT2D eigenvalue weighted by Gasteiger charge is 2.08. The van der Waals surface area contributed by atoms with E-state index in [9.17, 15) is 5.11 Å². The Morgan fingerprint density at radius 1 is 1.56 bits per heavy atom. The SMILES string of the molecule is CNCCN=Cc1c(CO)cnc(C)c1O. The molecule has 0 amide bonds. The molecule has 0 aliphatic heterocycles. The fraction of sp³-hybridized carbons (Fsp3) is 0.455. The van der Waals surface area contributed by atoms with Crippen molar-refractivity contribution in [3.63, 3.8) is 0 Å². The highest BCUT2D eigenvalue weighted by molar-refractivity contribution is 5.85. The van der Waals surface area contributed by atoms with Gasteiger partial charge in [-0.3, -0.25) is 9.98 Å². The summed E-state index contributed by atoms with van der Waals surface area (Å²) in [6, 6.07) is 0. The van der Waals surface area contributed by atoms with Crippen molar-refractivity contribution in [1.29, 1.82) is 0 Å². The van der Waals surface area contributed by atoms with Gasteiger partial charge in [-0.25, -0.2) is 0 Å². The molecule has 16 heavy (non-hydrogen) atoms. The van der Waals surface area contributed by atoms with Crippen LogP contribution in [-0.4, -0.2) is 41.5 Å². The number of likely N-dealkylation sites (N-methyl/N-ethyl adjacent to an activating group) is 1. The first-order chi connectivity index (χ1) is 7.70. The van der Waals surface area contributed by atoms with Gasteiger partial charge in [0.2, 0.25) is 0 Å². The van der Waals surface area contributed by atoms with Gasteiger partial charge in [0.25, 0.3) is 0 Å². The lowest BCUT2D eigenvalue weighted by Crippen LogP contribution is -2.10. The van der Waals surface area contributed by atoms with Crippen LogP contribution in [0.25, 0.3) is 0 Å². The first-order valence-corrected chi connectivity index (χ1v) is 5.13. The second-order valence-electron chi connectivity index (χ2n) is 3.43. The van der Waals surface area contributed by atoms with Crippen LogP contribution in [0.4, 0.5) is 0 Å². The van der Waals surface area contributed by atoms with Gasteiger partial charge >= 0.3 is 0 Å². The van der Waals surface area contributed by atoms with Crippen molar-refractivity contribution in [3.05, 3.63) is 23.0 Å². The monoisotopic (exact) mass is 223 g/mol. The fourth-order valence-corrected chi connectivity index (χ4v) is 1.25. The van der Waals surface area contributed by atoms with Gasteiger partial charge < -0.3 is 15.5 Å². The molecule has 0 aliphatic carbocycles. The minimum Gasteiger partial charge on any atom is -0.505 e. The van der Waals surface area contributed by atoms with Gasteiger partial charge in [0, 0.05) is 30.1 Å². The van der Waals surface area contributed by atoms with Crippen LogP contribution < -0.4 is 5.32 Å². The van der Waals surface area contributed by atoms with E-state index >= 15 is 0 Å². The third kappa shape index (κ3) is 3.01. The van der Waals surface area contributed by atoms with E-state index in [0.29, 0.717) is 23.4 Å². The quantitative estimate of drug-likeness (QED) is 0.493. The van der Waals surface area contributed by atoms with E-state index in [1.54, 1.807) is 19.3 Å². The van der Waals surface area contributed by atoms with Gasteiger partial charge in [-0.15, -0.1) is 0 Å². The largest absolute Gasteiger partial charge is 0.505 e. The van der Waals surface area contributed by atoms with Crippen LogP contribution in [-0.2, 0) is 6.61 Å². The Morgan fingerprint density at radius 2 is 2.31 bits per heavy atom. The van der Waals surface area contributed by atoms with Crippen LogP contribution in [0.1, 0.15) is 16.8 Å². The molecule has 0 aliphatic rings. The number of aliphatic hydroxyl groups excluding tert-OH is 1. The highest BCUT2D eigenvalue weighted by atomic mass is 16.3. The molecular formula is C11H17N3O2. The van der Waals surface area contributed by atoms with Crippen molar-refractivity contribution in [2.45, 2.75) is 13.5 Å². The molecule has 1 rings (SSSR count). The van der Waals surface area contributed by atoms with E-state index < -0.39 is 0 Å². The minimum atomic E-state index is -0.159. The fourth-order valence-electron chi connectivity index (χ4n) is 1.25. The molecule has 0 fully saturated rings. The van der Waals surface area contributed by atoms with Crippen molar-refractivity contribution in [1.82, 2.24) is 10.3 Å². The van der Waals surface area contributed by atoms with E-state index in [0.717, 1.165) is 6.54 Å². The molecule has 1 aromatic rings. The smallest absolute Gasteiger partial charge is 0.145 e. The molecule has 3 N–H and O–H groups in total. The van der Waals surface area contributed by atoms with Crippen LogP contribution in [0, 0.1) is 6.92 Å². The number of pyridine rings is 1. The molecule has 1 aromatic heterocycles. The summed E-state index contributed by atoms with van der Waals surface area (Å²) in [7, 11) is 1.85. The Labute approximate surface area is 94.9 Å². The number of nitrogens with zero attached hydrogens (tertiary/aromatic N) is 2. The van der Waals surface area contributed by atoms with E-state index in [1.807, 2.05) is 7.05 Å². The first kappa shape index (κ1) is 12.6. The van der Waals surface area contributed by atoms with E-state index in [-0.39, 0.29) is 12.4 Å². The molecule has 0 spiro atoms. The van der Waals surface area contributed by atoms with Crippen LogP contribution >= 0.6 is 0 Å². The van der Waals surface area contributed by atoms with E-state index in [4.69, 9.17) is 5.11 Å². The van der Waals surface area contributed by atoms with Crippen molar-refractivity contribution >= 4 is 6.21 Å². The second-order valence-corrected chi connectivity index (χ2v) is 3.43. The Morgan fingerprint density at radius 3 is 2.94 bits per heavy atom. The molecule has 0 aromatic carbocycles. The normalized spacial score (nSPS) is 11.2. The number of hydrogen-bond acceptors (Lipinski definition) is 5.